The fraction of sp³-hybridized carbons (Fsp3) is 0.176. The fourth-order valence-electron chi connectivity index (χ4n) is 2.81. The van der Waals surface area contributed by atoms with Gasteiger partial charge in [-0.25, -0.2) is 14.2 Å². The van der Waals surface area contributed by atoms with Crippen molar-refractivity contribution in [2.75, 3.05) is 0 Å². The first-order valence-corrected chi connectivity index (χ1v) is 8.10. The molecule has 0 atom stereocenters. The van der Waals surface area contributed by atoms with Crippen LogP contribution in [0.5, 0.6) is 0 Å². The van der Waals surface area contributed by atoms with E-state index in [2.05, 4.69) is 15.4 Å². The van der Waals surface area contributed by atoms with Crippen LogP contribution in [0.4, 0.5) is 0 Å². The Labute approximate surface area is 151 Å². The zero-order chi connectivity index (χ0) is 19.1. The van der Waals surface area contributed by atoms with E-state index in [4.69, 9.17) is 0 Å². The summed E-state index contributed by atoms with van der Waals surface area (Å²) in [5.41, 5.74) is 0.112. The van der Waals surface area contributed by atoms with Gasteiger partial charge in [0.15, 0.2) is 5.65 Å². The van der Waals surface area contributed by atoms with Crippen LogP contribution in [0.3, 0.4) is 0 Å². The summed E-state index contributed by atoms with van der Waals surface area (Å²) in [6, 6.07) is 10.6. The predicted octanol–water partition coefficient (Wildman–Crippen LogP) is -0.577. The van der Waals surface area contributed by atoms with E-state index < -0.39 is 16.8 Å². The number of rotatable bonds is 3. The molecule has 3 aromatic heterocycles. The quantitative estimate of drug-likeness (QED) is 0.481. The fourth-order valence-corrected chi connectivity index (χ4v) is 2.81. The molecular weight excluding hydrogens is 350 g/mol. The second kappa shape index (κ2) is 6.16. The summed E-state index contributed by atoms with van der Waals surface area (Å²) < 4.78 is 4.92. The minimum absolute atomic E-state index is 0.0554. The number of fused-ring (bicyclic) bond motifs is 1. The summed E-state index contributed by atoms with van der Waals surface area (Å²) in [5.74, 6) is 0. The molecule has 0 saturated carbocycles. The van der Waals surface area contributed by atoms with E-state index in [1.807, 2.05) is 30.3 Å². The molecule has 3 heterocycles. The van der Waals surface area contributed by atoms with E-state index in [-0.39, 0.29) is 6.54 Å². The Hall–Kier alpha value is -3.82. The normalized spacial score (nSPS) is 11.2. The monoisotopic (exact) mass is 365 g/mol. The van der Waals surface area contributed by atoms with Gasteiger partial charge in [-0.2, -0.15) is 5.10 Å². The molecule has 4 rings (SSSR count). The zero-order valence-corrected chi connectivity index (χ0v) is 14.6. The number of benzene rings is 1. The Morgan fingerprint density at radius 1 is 1.00 bits per heavy atom. The van der Waals surface area contributed by atoms with Crippen LogP contribution in [-0.4, -0.2) is 33.9 Å². The third-order valence-electron chi connectivity index (χ3n) is 4.39. The maximum Gasteiger partial charge on any atom is 0.330 e. The summed E-state index contributed by atoms with van der Waals surface area (Å²) in [6.07, 6.45) is 1.43. The maximum atomic E-state index is 12.8. The molecule has 0 aliphatic carbocycles. The summed E-state index contributed by atoms with van der Waals surface area (Å²) in [5, 5.41) is 12.6. The van der Waals surface area contributed by atoms with E-state index in [1.54, 1.807) is 0 Å². The van der Waals surface area contributed by atoms with Crippen molar-refractivity contribution >= 4 is 11.0 Å². The van der Waals surface area contributed by atoms with E-state index in [1.165, 1.54) is 35.6 Å². The number of para-hydroxylation sites is 1. The number of hydrogen-bond acceptors (Lipinski definition) is 6. The summed E-state index contributed by atoms with van der Waals surface area (Å²) >= 11 is 0. The summed E-state index contributed by atoms with van der Waals surface area (Å²) in [6.45, 7) is -0.0554. The molecule has 0 spiro atoms. The van der Waals surface area contributed by atoms with Crippen molar-refractivity contribution in [1.82, 2.24) is 33.9 Å². The molecule has 4 aromatic rings. The molecule has 0 N–H and O–H groups in total. The van der Waals surface area contributed by atoms with Crippen molar-refractivity contribution in [2.45, 2.75) is 6.54 Å². The Morgan fingerprint density at radius 3 is 2.48 bits per heavy atom. The van der Waals surface area contributed by atoms with Gasteiger partial charge >= 0.3 is 5.69 Å². The molecule has 10 nitrogen and oxygen atoms in total. The van der Waals surface area contributed by atoms with Gasteiger partial charge in [0.05, 0.1) is 18.4 Å². The summed E-state index contributed by atoms with van der Waals surface area (Å²) in [4.78, 5) is 36.7. The molecule has 0 unspecified atom stereocenters. The van der Waals surface area contributed by atoms with Gasteiger partial charge in [0.1, 0.15) is 5.39 Å². The van der Waals surface area contributed by atoms with Crippen LogP contribution in [0.15, 0.2) is 57.0 Å². The molecule has 0 fully saturated rings. The van der Waals surface area contributed by atoms with Gasteiger partial charge in [0, 0.05) is 25.9 Å². The Kier molecular flexibility index (Phi) is 3.80. The molecular formula is C17H15N7O3. The van der Waals surface area contributed by atoms with Gasteiger partial charge < -0.3 is 0 Å². The molecule has 0 aliphatic heterocycles. The Balaban J connectivity index is 1.82. The van der Waals surface area contributed by atoms with E-state index in [0.29, 0.717) is 16.7 Å². The third kappa shape index (κ3) is 2.67. The van der Waals surface area contributed by atoms with Crippen LogP contribution in [0.25, 0.3) is 16.7 Å². The van der Waals surface area contributed by atoms with Crippen molar-refractivity contribution in [3.05, 3.63) is 79.5 Å². The van der Waals surface area contributed by atoms with E-state index >= 15 is 0 Å². The van der Waals surface area contributed by atoms with Crippen LogP contribution in [0.1, 0.15) is 5.69 Å². The van der Waals surface area contributed by atoms with Crippen molar-refractivity contribution in [3.63, 3.8) is 0 Å². The molecule has 1 aromatic carbocycles. The average Bonchev–Trinajstić information content (AvgIpc) is 3.12. The SMILES string of the molecule is Cn1c(Cn2nnc3c(cnn3-c3ccccc3)c2=O)cc(=O)n(C)c1=O. The lowest BCUT2D eigenvalue weighted by atomic mass is 10.3. The van der Waals surface area contributed by atoms with Crippen molar-refractivity contribution in [1.29, 1.82) is 0 Å². The highest BCUT2D eigenvalue weighted by molar-refractivity contribution is 5.74. The van der Waals surface area contributed by atoms with Gasteiger partial charge in [-0.05, 0) is 12.1 Å². The van der Waals surface area contributed by atoms with Gasteiger partial charge in [0.25, 0.3) is 11.1 Å². The lowest BCUT2D eigenvalue weighted by Gasteiger charge is -2.10. The minimum atomic E-state index is -0.475. The molecule has 10 heteroatoms. The second-order valence-electron chi connectivity index (χ2n) is 6.06. The number of nitrogens with zero attached hydrogens (tertiary/aromatic N) is 7. The highest BCUT2D eigenvalue weighted by atomic mass is 16.2. The summed E-state index contributed by atoms with van der Waals surface area (Å²) in [7, 11) is 2.92. The zero-order valence-electron chi connectivity index (χ0n) is 14.6. The first-order chi connectivity index (χ1) is 13.0. The standard InChI is InChI=1S/C17H15N7O3/c1-21-12(8-14(25)22(2)17(21)27)10-23-16(26)13-9-18-24(15(13)19-20-23)11-6-4-3-5-7-11/h3-9H,10H2,1-2H3. The first-order valence-electron chi connectivity index (χ1n) is 8.10. The second-order valence-corrected chi connectivity index (χ2v) is 6.06. The largest absolute Gasteiger partial charge is 0.330 e. The van der Waals surface area contributed by atoms with Crippen LogP contribution in [-0.2, 0) is 20.6 Å². The highest BCUT2D eigenvalue weighted by Gasteiger charge is 2.14. The third-order valence-corrected chi connectivity index (χ3v) is 4.39. The lowest BCUT2D eigenvalue weighted by molar-refractivity contribution is 0.553. The van der Waals surface area contributed by atoms with Gasteiger partial charge in [-0.1, -0.05) is 23.4 Å². The Morgan fingerprint density at radius 2 is 1.74 bits per heavy atom. The molecule has 27 heavy (non-hydrogen) atoms. The van der Waals surface area contributed by atoms with Crippen molar-refractivity contribution in [2.24, 2.45) is 14.1 Å². The maximum absolute atomic E-state index is 12.8. The topological polar surface area (TPSA) is 110 Å². The molecule has 0 aliphatic rings. The van der Waals surface area contributed by atoms with Crippen molar-refractivity contribution < 1.29 is 0 Å². The molecule has 136 valence electrons. The van der Waals surface area contributed by atoms with E-state index in [9.17, 15) is 14.4 Å². The van der Waals surface area contributed by atoms with Crippen LogP contribution in [0.2, 0.25) is 0 Å². The molecule has 0 radical (unpaired) electrons. The van der Waals surface area contributed by atoms with Crippen molar-refractivity contribution in [3.8, 4) is 5.69 Å². The first kappa shape index (κ1) is 16.6. The number of hydrogen-bond donors (Lipinski definition) is 0. The molecule has 0 saturated heterocycles. The van der Waals surface area contributed by atoms with Gasteiger partial charge in [-0.15, -0.1) is 5.10 Å². The van der Waals surface area contributed by atoms with Crippen LogP contribution < -0.4 is 16.8 Å². The smallest absolute Gasteiger partial charge is 0.299 e. The van der Waals surface area contributed by atoms with E-state index in [0.717, 1.165) is 14.9 Å². The predicted molar refractivity (Wildman–Crippen MR) is 96.9 cm³/mol. The highest BCUT2D eigenvalue weighted by Crippen LogP contribution is 2.12. The number of aromatic nitrogens is 7. The van der Waals surface area contributed by atoms with Crippen LogP contribution in [0, 0.1) is 0 Å². The van der Waals surface area contributed by atoms with Gasteiger partial charge in [0.2, 0.25) is 0 Å². The average molecular weight is 365 g/mol. The minimum Gasteiger partial charge on any atom is -0.299 e. The molecule has 0 amide bonds. The van der Waals surface area contributed by atoms with Crippen LogP contribution >= 0.6 is 0 Å². The Bertz CT molecular complexity index is 1330. The molecule has 0 bridgehead atoms. The lowest BCUT2D eigenvalue weighted by Crippen LogP contribution is -2.39. The van der Waals surface area contributed by atoms with Gasteiger partial charge in [-0.3, -0.25) is 18.7 Å².